The van der Waals surface area contributed by atoms with E-state index in [-0.39, 0.29) is 12.6 Å². The third-order valence-corrected chi connectivity index (χ3v) is 4.58. The summed E-state index contributed by atoms with van der Waals surface area (Å²) in [6.07, 6.45) is 0.934. The number of rotatable bonds is 7. The second kappa shape index (κ2) is 7.93. The lowest BCUT2D eigenvalue weighted by molar-refractivity contribution is -0.144. The first-order valence-electron chi connectivity index (χ1n) is 7.97. The number of thiazole rings is 1. The van der Waals surface area contributed by atoms with Crippen LogP contribution in [-0.4, -0.2) is 17.6 Å². The highest BCUT2D eigenvalue weighted by atomic mass is 32.1. The number of hydrogen-bond acceptors (Lipinski definition) is 5. The molecule has 0 atom stereocenters. The van der Waals surface area contributed by atoms with Crippen LogP contribution in [-0.2, 0) is 22.6 Å². The van der Waals surface area contributed by atoms with Crippen molar-refractivity contribution in [1.29, 1.82) is 0 Å². The summed E-state index contributed by atoms with van der Waals surface area (Å²) in [7, 11) is 0. The summed E-state index contributed by atoms with van der Waals surface area (Å²) >= 11 is 1.55. The molecule has 0 saturated carbocycles. The quantitative estimate of drug-likeness (QED) is 0.599. The number of carbonyl (C=O) groups is 1. The molecule has 0 spiro atoms. The lowest BCUT2D eigenvalue weighted by Gasteiger charge is -2.09. The summed E-state index contributed by atoms with van der Waals surface area (Å²) in [6.45, 7) is 2.79. The molecule has 0 fully saturated rings. The van der Waals surface area contributed by atoms with Crippen LogP contribution in [0, 0.1) is 0 Å². The Labute approximate surface area is 145 Å². The van der Waals surface area contributed by atoms with Gasteiger partial charge in [0, 0.05) is 6.42 Å². The average Bonchev–Trinajstić information content (AvgIpc) is 3.02. The zero-order valence-electron chi connectivity index (χ0n) is 13.5. The Morgan fingerprint density at radius 1 is 1.12 bits per heavy atom. The molecule has 3 aromatic rings. The highest BCUT2D eigenvalue weighted by molar-refractivity contribution is 7.18. The number of fused-ring (bicyclic) bond motifs is 1. The van der Waals surface area contributed by atoms with E-state index in [0.717, 1.165) is 26.5 Å². The van der Waals surface area contributed by atoms with Crippen LogP contribution >= 0.6 is 11.3 Å². The van der Waals surface area contributed by atoms with Crippen molar-refractivity contribution < 1.29 is 14.3 Å². The van der Waals surface area contributed by atoms with E-state index in [1.807, 2.05) is 55.5 Å². The smallest absolute Gasteiger partial charge is 0.306 e. The molecule has 0 radical (unpaired) electrons. The van der Waals surface area contributed by atoms with Gasteiger partial charge in [0.1, 0.15) is 17.4 Å². The van der Waals surface area contributed by atoms with E-state index in [4.69, 9.17) is 9.47 Å². The van der Waals surface area contributed by atoms with E-state index in [2.05, 4.69) is 4.98 Å². The molecule has 0 aliphatic carbocycles. The predicted octanol–water partition coefficient (Wildman–Crippen LogP) is 4.37. The lowest BCUT2D eigenvalue weighted by Crippen LogP contribution is -2.06. The van der Waals surface area contributed by atoms with Crippen molar-refractivity contribution >= 4 is 27.5 Å². The summed E-state index contributed by atoms with van der Waals surface area (Å²) in [4.78, 5) is 16.5. The van der Waals surface area contributed by atoms with Gasteiger partial charge in [-0.05, 0) is 37.1 Å². The third-order valence-electron chi connectivity index (χ3n) is 3.57. The summed E-state index contributed by atoms with van der Waals surface area (Å²) < 4.78 is 12.0. The molecule has 5 heteroatoms. The number of para-hydroxylation sites is 2. The van der Waals surface area contributed by atoms with Gasteiger partial charge in [-0.25, -0.2) is 4.98 Å². The first-order valence-corrected chi connectivity index (χ1v) is 8.78. The van der Waals surface area contributed by atoms with Crippen molar-refractivity contribution in [3.05, 3.63) is 59.1 Å². The Kier molecular flexibility index (Phi) is 5.43. The van der Waals surface area contributed by atoms with Crippen LogP contribution in [0.1, 0.15) is 23.9 Å². The Bertz CT molecular complexity index is 795. The summed E-state index contributed by atoms with van der Waals surface area (Å²) in [5.74, 6) is 0.611. The molecule has 0 unspecified atom stereocenters. The van der Waals surface area contributed by atoms with Crippen molar-refractivity contribution in [3.63, 3.8) is 0 Å². The SMILES string of the molecule is CCOc1ccccc1CCC(=O)OCc1nc2ccccc2s1. The summed E-state index contributed by atoms with van der Waals surface area (Å²) in [6, 6.07) is 15.7. The maximum atomic E-state index is 12.0. The van der Waals surface area contributed by atoms with Crippen LogP contribution < -0.4 is 4.74 Å². The van der Waals surface area contributed by atoms with Crippen molar-refractivity contribution in [2.75, 3.05) is 6.61 Å². The maximum Gasteiger partial charge on any atom is 0.306 e. The maximum absolute atomic E-state index is 12.0. The second-order valence-corrected chi connectivity index (χ2v) is 6.39. The number of aromatic nitrogens is 1. The van der Waals surface area contributed by atoms with Crippen LogP contribution in [0.3, 0.4) is 0 Å². The number of carbonyl (C=O) groups excluding carboxylic acids is 1. The van der Waals surface area contributed by atoms with Gasteiger partial charge in [-0.15, -0.1) is 11.3 Å². The van der Waals surface area contributed by atoms with E-state index in [9.17, 15) is 4.79 Å². The van der Waals surface area contributed by atoms with E-state index in [1.54, 1.807) is 11.3 Å². The normalized spacial score (nSPS) is 10.7. The van der Waals surface area contributed by atoms with Crippen molar-refractivity contribution in [2.24, 2.45) is 0 Å². The Balaban J connectivity index is 1.52. The van der Waals surface area contributed by atoms with Gasteiger partial charge >= 0.3 is 5.97 Å². The lowest BCUT2D eigenvalue weighted by atomic mass is 10.1. The Hall–Kier alpha value is -2.40. The standard InChI is InChI=1S/C19H19NO3S/c1-2-22-16-9-5-3-7-14(16)11-12-19(21)23-13-18-20-15-8-4-6-10-17(15)24-18/h3-10H,2,11-13H2,1H3. The molecular weight excluding hydrogens is 322 g/mol. The molecular formula is C19H19NO3S. The van der Waals surface area contributed by atoms with Crippen LogP contribution in [0.4, 0.5) is 0 Å². The van der Waals surface area contributed by atoms with Crippen LogP contribution in [0.2, 0.25) is 0 Å². The fourth-order valence-corrected chi connectivity index (χ4v) is 3.32. The first kappa shape index (κ1) is 16.5. The molecule has 3 rings (SSSR count). The van der Waals surface area contributed by atoms with Gasteiger partial charge < -0.3 is 9.47 Å². The largest absolute Gasteiger partial charge is 0.494 e. The number of benzene rings is 2. The third kappa shape index (κ3) is 4.11. The molecule has 0 aliphatic heterocycles. The molecule has 0 aliphatic rings. The second-order valence-electron chi connectivity index (χ2n) is 5.28. The zero-order chi connectivity index (χ0) is 16.8. The van der Waals surface area contributed by atoms with Gasteiger partial charge in [-0.3, -0.25) is 4.79 Å². The molecule has 2 aromatic carbocycles. The van der Waals surface area contributed by atoms with E-state index < -0.39 is 0 Å². The molecule has 24 heavy (non-hydrogen) atoms. The Morgan fingerprint density at radius 2 is 1.92 bits per heavy atom. The Morgan fingerprint density at radius 3 is 2.75 bits per heavy atom. The average molecular weight is 341 g/mol. The van der Waals surface area contributed by atoms with Gasteiger partial charge in [-0.1, -0.05) is 30.3 Å². The predicted molar refractivity (Wildman–Crippen MR) is 95.3 cm³/mol. The van der Waals surface area contributed by atoms with E-state index >= 15 is 0 Å². The zero-order valence-corrected chi connectivity index (χ0v) is 14.3. The van der Waals surface area contributed by atoms with Gasteiger partial charge in [0.2, 0.25) is 0 Å². The number of hydrogen-bond donors (Lipinski definition) is 0. The van der Waals surface area contributed by atoms with Crippen LogP contribution in [0.15, 0.2) is 48.5 Å². The van der Waals surface area contributed by atoms with Gasteiger partial charge in [0.05, 0.1) is 16.8 Å². The molecule has 1 heterocycles. The minimum Gasteiger partial charge on any atom is -0.494 e. The summed E-state index contributed by atoms with van der Waals surface area (Å²) in [5.41, 5.74) is 1.97. The van der Waals surface area contributed by atoms with Crippen molar-refractivity contribution in [1.82, 2.24) is 4.98 Å². The fraction of sp³-hybridized carbons (Fsp3) is 0.263. The van der Waals surface area contributed by atoms with Crippen LogP contribution in [0.25, 0.3) is 10.2 Å². The fourth-order valence-electron chi connectivity index (χ4n) is 2.44. The van der Waals surface area contributed by atoms with Crippen molar-refractivity contribution in [3.8, 4) is 5.75 Å². The monoisotopic (exact) mass is 341 g/mol. The molecule has 124 valence electrons. The highest BCUT2D eigenvalue weighted by Gasteiger charge is 2.10. The molecule has 1 aromatic heterocycles. The van der Waals surface area contributed by atoms with Gasteiger partial charge in [-0.2, -0.15) is 0 Å². The molecule has 0 N–H and O–H groups in total. The molecule has 0 saturated heterocycles. The minimum absolute atomic E-state index is 0.222. The van der Waals surface area contributed by atoms with E-state index in [0.29, 0.717) is 19.4 Å². The van der Waals surface area contributed by atoms with E-state index in [1.165, 1.54) is 0 Å². The minimum atomic E-state index is -0.222. The van der Waals surface area contributed by atoms with Gasteiger partial charge in [0.25, 0.3) is 0 Å². The van der Waals surface area contributed by atoms with Crippen LogP contribution in [0.5, 0.6) is 5.75 Å². The molecule has 0 amide bonds. The van der Waals surface area contributed by atoms with Gasteiger partial charge in [0.15, 0.2) is 0 Å². The molecule has 0 bridgehead atoms. The first-order chi connectivity index (χ1) is 11.8. The number of aryl methyl sites for hydroxylation is 1. The number of nitrogens with zero attached hydrogens (tertiary/aromatic N) is 1. The number of ether oxygens (including phenoxy) is 2. The van der Waals surface area contributed by atoms with Crippen molar-refractivity contribution in [2.45, 2.75) is 26.4 Å². The molecule has 4 nitrogen and oxygen atoms in total. The topological polar surface area (TPSA) is 48.4 Å². The summed E-state index contributed by atoms with van der Waals surface area (Å²) in [5, 5.41) is 0.819. The highest BCUT2D eigenvalue weighted by Crippen LogP contribution is 2.23. The number of esters is 1.